The molecule has 112 valence electrons. The SMILES string of the molecule is CC(C)NCC1(Cc2ccc(Cl)c(Cl)c2)CCOCC1. The Morgan fingerprint density at radius 1 is 1.20 bits per heavy atom. The lowest BCUT2D eigenvalue weighted by Crippen LogP contribution is -2.42. The van der Waals surface area contributed by atoms with Gasteiger partial charge in [-0.3, -0.25) is 0 Å². The number of benzene rings is 1. The molecular formula is C16H23Cl2NO. The van der Waals surface area contributed by atoms with Crippen molar-refractivity contribution in [2.75, 3.05) is 19.8 Å². The van der Waals surface area contributed by atoms with E-state index in [1.165, 1.54) is 5.56 Å². The molecule has 2 nitrogen and oxygen atoms in total. The summed E-state index contributed by atoms with van der Waals surface area (Å²) in [6.45, 7) is 7.09. The molecule has 1 aliphatic rings. The van der Waals surface area contributed by atoms with E-state index in [-0.39, 0.29) is 5.41 Å². The standard InChI is InChI=1S/C16H23Cl2NO/c1-12(2)19-11-16(5-7-20-8-6-16)10-13-3-4-14(17)15(18)9-13/h3-4,9,12,19H,5-8,10-11H2,1-2H3. The Bertz CT molecular complexity index is 442. The zero-order valence-corrected chi connectivity index (χ0v) is 13.7. The Kier molecular flexibility index (Phi) is 5.74. The first kappa shape index (κ1) is 16.1. The van der Waals surface area contributed by atoms with Gasteiger partial charge in [0.2, 0.25) is 0 Å². The molecule has 0 unspecified atom stereocenters. The first-order valence-corrected chi connectivity index (χ1v) is 8.01. The maximum Gasteiger partial charge on any atom is 0.0595 e. The van der Waals surface area contributed by atoms with Gasteiger partial charge in [0.15, 0.2) is 0 Å². The highest BCUT2D eigenvalue weighted by atomic mass is 35.5. The average molecular weight is 316 g/mol. The molecule has 1 saturated heterocycles. The molecule has 1 fully saturated rings. The predicted molar refractivity (Wildman–Crippen MR) is 85.8 cm³/mol. The minimum atomic E-state index is 0.264. The third-order valence-corrected chi connectivity index (χ3v) is 4.74. The van der Waals surface area contributed by atoms with Crippen LogP contribution in [0.3, 0.4) is 0 Å². The van der Waals surface area contributed by atoms with Gasteiger partial charge in [-0.2, -0.15) is 0 Å². The third-order valence-electron chi connectivity index (χ3n) is 4.00. The van der Waals surface area contributed by atoms with Gasteiger partial charge in [0.25, 0.3) is 0 Å². The summed E-state index contributed by atoms with van der Waals surface area (Å²) in [5, 5.41) is 4.85. The van der Waals surface area contributed by atoms with E-state index < -0.39 is 0 Å². The number of nitrogens with one attached hydrogen (secondary N) is 1. The number of hydrogen-bond donors (Lipinski definition) is 1. The van der Waals surface area contributed by atoms with Gasteiger partial charge in [0.1, 0.15) is 0 Å². The van der Waals surface area contributed by atoms with Crippen molar-refractivity contribution in [3.05, 3.63) is 33.8 Å². The van der Waals surface area contributed by atoms with Gasteiger partial charge in [0, 0.05) is 25.8 Å². The Morgan fingerprint density at radius 2 is 1.90 bits per heavy atom. The normalized spacial score (nSPS) is 18.4. The van der Waals surface area contributed by atoms with Crippen molar-refractivity contribution in [3.8, 4) is 0 Å². The number of halogens is 2. The van der Waals surface area contributed by atoms with Crippen LogP contribution in [-0.2, 0) is 11.2 Å². The highest BCUT2D eigenvalue weighted by molar-refractivity contribution is 6.42. The van der Waals surface area contributed by atoms with Crippen molar-refractivity contribution in [1.82, 2.24) is 5.32 Å². The van der Waals surface area contributed by atoms with Crippen molar-refractivity contribution >= 4 is 23.2 Å². The highest BCUT2D eigenvalue weighted by Crippen LogP contribution is 2.35. The summed E-state index contributed by atoms with van der Waals surface area (Å²) in [5.74, 6) is 0. The van der Waals surface area contributed by atoms with Crippen LogP contribution in [0.4, 0.5) is 0 Å². The molecule has 0 aromatic heterocycles. The molecule has 0 aliphatic carbocycles. The molecule has 0 radical (unpaired) electrons. The molecule has 1 aromatic rings. The van der Waals surface area contributed by atoms with Crippen LogP contribution in [0.25, 0.3) is 0 Å². The van der Waals surface area contributed by atoms with E-state index >= 15 is 0 Å². The summed E-state index contributed by atoms with van der Waals surface area (Å²) in [4.78, 5) is 0. The smallest absolute Gasteiger partial charge is 0.0595 e. The van der Waals surface area contributed by atoms with Gasteiger partial charge >= 0.3 is 0 Å². The van der Waals surface area contributed by atoms with Crippen LogP contribution in [0, 0.1) is 5.41 Å². The van der Waals surface area contributed by atoms with Crippen LogP contribution >= 0.6 is 23.2 Å². The molecule has 2 rings (SSSR count). The number of rotatable bonds is 5. The van der Waals surface area contributed by atoms with Crippen molar-refractivity contribution < 1.29 is 4.74 Å². The van der Waals surface area contributed by atoms with Crippen LogP contribution in [-0.4, -0.2) is 25.8 Å². The van der Waals surface area contributed by atoms with Crippen molar-refractivity contribution in [2.24, 2.45) is 5.41 Å². The largest absolute Gasteiger partial charge is 0.381 e. The van der Waals surface area contributed by atoms with E-state index in [9.17, 15) is 0 Å². The molecule has 4 heteroatoms. The fraction of sp³-hybridized carbons (Fsp3) is 0.625. The van der Waals surface area contributed by atoms with E-state index in [4.69, 9.17) is 27.9 Å². The van der Waals surface area contributed by atoms with Gasteiger partial charge < -0.3 is 10.1 Å². The van der Waals surface area contributed by atoms with Gasteiger partial charge in [-0.15, -0.1) is 0 Å². The zero-order chi connectivity index (χ0) is 14.6. The summed E-state index contributed by atoms with van der Waals surface area (Å²) in [6.07, 6.45) is 3.20. The average Bonchev–Trinajstić information content (AvgIpc) is 2.42. The Labute approximate surface area is 131 Å². The second-order valence-corrected chi connectivity index (χ2v) is 6.89. The lowest BCUT2D eigenvalue weighted by molar-refractivity contribution is 0.0141. The molecule has 20 heavy (non-hydrogen) atoms. The fourth-order valence-electron chi connectivity index (χ4n) is 2.72. The lowest BCUT2D eigenvalue weighted by atomic mass is 9.75. The predicted octanol–water partition coefficient (Wildman–Crippen LogP) is 4.33. The third kappa shape index (κ3) is 4.36. The Hall–Kier alpha value is -0.280. The summed E-state index contributed by atoms with van der Waals surface area (Å²) >= 11 is 12.1. The molecule has 0 spiro atoms. The first-order chi connectivity index (χ1) is 9.51. The number of ether oxygens (including phenoxy) is 1. The van der Waals surface area contributed by atoms with Crippen molar-refractivity contribution in [1.29, 1.82) is 0 Å². The Balaban J connectivity index is 2.11. The quantitative estimate of drug-likeness (QED) is 0.873. The molecule has 1 N–H and O–H groups in total. The van der Waals surface area contributed by atoms with Crippen LogP contribution in [0.5, 0.6) is 0 Å². The summed E-state index contributed by atoms with van der Waals surface area (Å²) in [7, 11) is 0. The van der Waals surface area contributed by atoms with E-state index in [2.05, 4.69) is 25.2 Å². The van der Waals surface area contributed by atoms with Crippen LogP contribution in [0.1, 0.15) is 32.3 Å². The van der Waals surface area contributed by atoms with Crippen molar-refractivity contribution in [2.45, 2.75) is 39.2 Å². The van der Waals surface area contributed by atoms with E-state index in [0.717, 1.165) is 39.0 Å². The fourth-order valence-corrected chi connectivity index (χ4v) is 3.04. The topological polar surface area (TPSA) is 21.3 Å². The maximum atomic E-state index is 6.13. The minimum Gasteiger partial charge on any atom is -0.381 e. The van der Waals surface area contributed by atoms with E-state index in [1.807, 2.05) is 12.1 Å². The van der Waals surface area contributed by atoms with E-state index in [1.54, 1.807) is 0 Å². The molecule has 0 bridgehead atoms. The first-order valence-electron chi connectivity index (χ1n) is 7.26. The van der Waals surface area contributed by atoms with E-state index in [0.29, 0.717) is 16.1 Å². The summed E-state index contributed by atoms with van der Waals surface area (Å²) < 4.78 is 5.54. The molecular weight excluding hydrogens is 293 g/mol. The molecule has 1 aromatic carbocycles. The van der Waals surface area contributed by atoms with Crippen molar-refractivity contribution in [3.63, 3.8) is 0 Å². The lowest BCUT2D eigenvalue weighted by Gasteiger charge is -2.38. The van der Waals surface area contributed by atoms with Gasteiger partial charge in [0.05, 0.1) is 10.0 Å². The van der Waals surface area contributed by atoms with Gasteiger partial charge in [-0.05, 0) is 42.4 Å². The van der Waals surface area contributed by atoms with Crippen LogP contribution < -0.4 is 5.32 Å². The second kappa shape index (κ2) is 7.13. The van der Waals surface area contributed by atoms with Crippen LogP contribution in [0.15, 0.2) is 18.2 Å². The monoisotopic (exact) mass is 315 g/mol. The molecule has 1 aliphatic heterocycles. The van der Waals surface area contributed by atoms with Gasteiger partial charge in [-0.25, -0.2) is 0 Å². The minimum absolute atomic E-state index is 0.264. The van der Waals surface area contributed by atoms with Gasteiger partial charge in [-0.1, -0.05) is 43.1 Å². The molecule has 0 saturated carbocycles. The van der Waals surface area contributed by atoms with Crippen LogP contribution in [0.2, 0.25) is 10.0 Å². The summed E-state index contributed by atoms with van der Waals surface area (Å²) in [6, 6.07) is 6.47. The summed E-state index contributed by atoms with van der Waals surface area (Å²) in [5.41, 5.74) is 1.52. The molecule has 0 atom stereocenters. The maximum absolute atomic E-state index is 6.13. The Morgan fingerprint density at radius 3 is 2.50 bits per heavy atom. The highest BCUT2D eigenvalue weighted by Gasteiger charge is 2.32. The molecule has 1 heterocycles. The zero-order valence-electron chi connectivity index (χ0n) is 12.2. The second-order valence-electron chi connectivity index (χ2n) is 6.07. The number of hydrogen-bond acceptors (Lipinski definition) is 2. The molecule has 0 amide bonds.